The summed E-state index contributed by atoms with van der Waals surface area (Å²) < 4.78 is 59.1. The molecule has 0 bridgehead atoms. The maximum atomic E-state index is 12.5. The van der Waals surface area contributed by atoms with Gasteiger partial charge in [-0.15, -0.1) is 0 Å². The standard InChI is InChI=1S/C19H16F2O5S/c1-12(22)13-2-6-16(7-3-13)26-27(23,24)18-9-5-14-10-17(25-19(20)21)8-4-15(14)11-18/h2-4,6-8,10-11,19H,5,9H2,1H3. The molecule has 5 nitrogen and oxygen atoms in total. The quantitative estimate of drug-likeness (QED) is 0.543. The number of carbonyl (C=O) groups excluding carboxylic acids is 1. The van der Waals surface area contributed by atoms with E-state index in [2.05, 4.69) is 4.74 Å². The van der Waals surface area contributed by atoms with Crippen molar-refractivity contribution in [3.8, 4) is 11.5 Å². The molecular formula is C19H16F2O5S. The average Bonchev–Trinajstić information content (AvgIpc) is 2.60. The summed E-state index contributed by atoms with van der Waals surface area (Å²) in [4.78, 5) is 11.4. The van der Waals surface area contributed by atoms with Crippen molar-refractivity contribution in [2.75, 3.05) is 0 Å². The van der Waals surface area contributed by atoms with E-state index in [4.69, 9.17) is 4.18 Å². The molecule has 0 saturated carbocycles. The number of aryl methyl sites for hydroxylation is 1. The number of halogens is 2. The number of hydrogen-bond donors (Lipinski definition) is 0. The van der Waals surface area contributed by atoms with Crippen molar-refractivity contribution < 1.29 is 30.9 Å². The molecule has 27 heavy (non-hydrogen) atoms. The Morgan fingerprint density at radius 3 is 2.33 bits per heavy atom. The van der Waals surface area contributed by atoms with E-state index in [0.717, 1.165) is 5.56 Å². The molecule has 0 spiro atoms. The van der Waals surface area contributed by atoms with Crippen LogP contribution in [-0.2, 0) is 16.5 Å². The maximum absolute atomic E-state index is 12.5. The molecule has 0 aliphatic heterocycles. The van der Waals surface area contributed by atoms with Crippen molar-refractivity contribution in [1.82, 2.24) is 0 Å². The highest BCUT2D eigenvalue weighted by molar-refractivity contribution is 7.91. The van der Waals surface area contributed by atoms with E-state index in [1.54, 1.807) is 0 Å². The fourth-order valence-corrected chi connectivity index (χ4v) is 3.84. The topological polar surface area (TPSA) is 69.7 Å². The number of fused-ring (bicyclic) bond motifs is 1. The molecule has 142 valence electrons. The number of benzene rings is 2. The zero-order chi connectivity index (χ0) is 19.6. The van der Waals surface area contributed by atoms with Crippen molar-refractivity contribution in [2.45, 2.75) is 26.4 Å². The van der Waals surface area contributed by atoms with E-state index in [1.807, 2.05) is 0 Å². The van der Waals surface area contributed by atoms with Crippen molar-refractivity contribution in [3.63, 3.8) is 0 Å². The van der Waals surface area contributed by atoms with Gasteiger partial charge in [-0.05, 0) is 73.4 Å². The SMILES string of the molecule is CC(=O)c1ccc(OS(=O)(=O)C2=Cc3ccc(OC(F)F)cc3CC2)cc1. The first-order valence-electron chi connectivity index (χ1n) is 8.08. The Kier molecular flexibility index (Phi) is 5.27. The van der Waals surface area contributed by atoms with Gasteiger partial charge in [0.15, 0.2) is 5.78 Å². The minimum atomic E-state index is -4.02. The van der Waals surface area contributed by atoms with Crippen LogP contribution >= 0.6 is 0 Å². The summed E-state index contributed by atoms with van der Waals surface area (Å²) in [5.41, 5.74) is 1.78. The lowest BCUT2D eigenvalue weighted by Gasteiger charge is -2.18. The molecule has 1 aliphatic carbocycles. The number of carbonyl (C=O) groups is 1. The maximum Gasteiger partial charge on any atom is 0.387 e. The van der Waals surface area contributed by atoms with Crippen LogP contribution in [0.25, 0.3) is 6.08 Å². The first-order valence-corrected chi connectivity index (χ1v) is 9.49. The van der Waals surface area contributed by atoms with Crippen LogP contribution < -0.4 is 8.92 Å². The van der Waals surface area contributed by atoms with Gasteiger partial charge in [0.1, 0.15) is 11.5 Å². The van der Waals surface area contributed by atoms with Gasteiger partial charge in [0.05, 0.1) is 4.91 Å². The summed E-state index contributed by atoms with van der Waals surface area (Å²) in [5.74, 6) is 0.00356. The van der Waals surface area contributed by atoms with Crippen LogP contribution in [0.5, 0.6) is 11.5 Å². The van der Waals surface area contributed by atoms with Crippen molar-refractivity contribution in [2.24, 2.45) is 0 Å². The van der Waals surface area contributed by atoms with Crippen molar-refractivity contribution in [3.05, 3.63) is 64.1 Å². The molecule has 3 rings (SSSR count). The van der Waals surface area contributed by atoms with Gasteiger partial charge < -0.3 is 8.92 Å². The summed E-state index contributed by atoms with van der Waals surface area (Å²) >= 11 is 0. The Balaban J connectivity index is 1.81. The highest BCUT2D eigenvalue weighted by atomic mass is 32.2. The lowest BCUT2D eigenvalue weighted by atomic mass is 9.97. The monoisotopic (exact) mass is 394 g/mol. The number of alkyl halides is 2. The lowest BCUT2D eigenvalue weighted by Crippen LogP contribution is -2.15. The van der Waals surface area contributed by atoms with Gasteiger partial charge in [-0.2, -0.15) is 17.2 Å². The minimum absolute atomic E-state index is 0.0327. The van der Waals surface area contributed by atoms with Crippen LogP contribution in [0, 0.1) is 0 Å². The van der Waals surface area contributed by atoms with Gasteiger partial charge >= 0.3 is 16.7 Å². The first-order chi connectivity index (χ1) is 12.7. The van der Waals surface area contributed by atoms with Gasteiger partial charge in [0, 0.05) is 5.56 Å². The summed E-state index contributed by atoms with van der Waals surface area (Å²) in [7, 11) is -4.02. The molecule has 0 heterocycles. The molecule has 0 N–H and O–H groups in total. The second-order valence-corrected chi connectivity index (χ2v) is 7.57. The molecule has 0 atom stereocenters. The number of rotatable bonds is 6. The Hall–Kier alpha value is -2.74. The first kappa shape index (κ1) is 19.0. The fourth-order valence-electron chi connectivity index (χ4n) is 2.74. The highest BCUT2D eigenvalue weighted by Gasteiger charge is 2.24. The molecule has 0 radical (unpaired) electrons. The average molecular weight is 394 g/mol. The third-order valence-corrected chi connectivity index (χ3v) is 5.46. The molecule has 0 unspecified atom stereocenters. The van der Waals surface area contributed by atoms with Crippen LogP contribution in [-0.4, -0.2) is 20.8 Å². The molecule has 0 saturated heterocycles. The van der Waals surface area contributed by atoms with Gasteiger partial charge in [-0.3, -0.25) is 4.79 Å². The summed E-state index contributed by atoms with van der Waals surface area (Å²) in [5, 5.41) is 0. The number of ketones is 1. The van der Waals surface area contributed by atoms with Crippen LogP contribution in [0.15, 0.2) is 47.4 Å². The Labute approximate surface area is 155 Å². The van der Waals surface area contributed by atoms with Crippen molar-refractivity contribution >= 4 is 22.0 Å². The minimum Gasteiger partial charge on any atom is -0.435 e. The zero-order valence-electron chi connectivity index (χ0n) is 14.3. The molecule has 0 amide bonds. The number of ether oxygens (including phenoxy) is 1. The van der Waals surface area contributed by atoms with Crippen molar-refractivity contribution in [1.29, 1.82) is 0 Å². The largest absolute Gasteiger partial charge is 0.435 e. The Morgan fingerprint density at radius 2 is 1.70 bits per heavy atom. The van der Waals surface area contributed by atoms with Gasteiger partial charge in [0.2, 0.25) is 0 Å². The van der Waals surface area contributed by atoms with E-state index < -0.39 is 16.7 Å². The van der Waals surface area contributed by atoms with Crippen LogP contribution in [0.3, 0.4) is 0 Å². The molecule has 2 aromatic rings. The molecular weight excluding hydrogens is 378 g/mol. The second-order valence-electron chi connectivity index (χ2n) is 5.97. The van der Waals surface area contributed by atoms with Gasteiger partial charge in [-0.1, -0.05) is 6.07 Å². The fraction of sp³-hybridized carbons (Fsp3) is 0.211. The second kappa shape index (κ2) is 7.48. The lowest BCUT2D eigenvalue weighted by molar-refractivity contribution is -0.0498. The normalized spacial score (nSPS) is 13.7. The smallest absolute Gasteiger partial charge is 0.387 e. The molecule has 2 aromatic carbocycles. The van der Waals surface area contributed by atoms with Gasteiger partial charge in [-0.25, -0.2) is 0 Å². The van der Waals surface area contributed by atoms with E-state index >= 15 is 0 Å². The highest BCUT2D eigenvalue weighted by Crippen LogP contribution is 2.31. The van der Waals surface area contributed by atoms with E-state index in [0.29, 0.717) is 17.5 Å². The number of allylic oxidation sites excluding steroid dienone is 1. The van der Waals surface area contributed by atoms with Crippen LogP contribution in [0.2, 0.25) is 0 Å². The number of hydrogen-bond acceptors (Lipinski definition) is 5. The van der Waals surface area contributed by atoms with E-state index in [1.165, 1.54) is 55.5 Å². The zero-order valence-corrected chi connectivity index (χ0v) is 15.1. The molecule has 0 aromatic heterocycles. The summed E-state index contributed by atoms with van der Waals surface area (Å²) in [6.45, 7) is -1.50. The van der Waals surface area contributed by atoms with Crippen LogP contribution in [0.1, 0.15) is 34.8 Å². The molecule has 8 heteroatoms. The summed E-state index contributed by atoms with van der Waals surface area (Å²) in [6, 6.07) is 10.2. The molecule has 1 aliphatic rings. The Morgan fingerprint density at radius 1 is 1.04 bits per heavy atom. The van der Waals surface area contributed by atoms with E-state index in [-0.39, 0.29) is 28.6 Å². The number of Topliss-reactive ketones (excluding diaryl/α,β-unsaturated/α-hetero) is 1. The third-order valence-electron chi connectivity index (χ3n) is 4.08. The van der Waals surface area contributed by atoms with Gasteiger partial charge in [0.25, 0.3) is 0 Å². The van der Waals surface area contributed by atoms with E-state index in [9.17, 15) is 22.0 Å². The summed E-state index contributed by atoms with van der Waals surface area (Å²) in [6.07, 6.45) is 2.00. The Bertz CT molecular complexity index is 995. The molecule has 0 fully saturated rings. The predicted octanol–water partition coefficient (Wildman–Crippen LogP) is 4.19. The third kappa shape index (κ3) is 4.51. The predicted molar refractivity (Wildman–Crippen MR) is 95.4 cm³/mol. The van der Waals surface area contributed by atoms with Crippen LogP contribution in [0.4, 0.5) is 8.78 Å².